The lowest BCUT2D eigenvalue weighted by Crippen LogP contribution is -2.44. The molecule has 1 heterocycles. The summed E-state index contributed by atoms with van der Waals surface area (Å²) in [7, 11) is 0. The van der Waals surface area contributed by atoms with E-state index >= 15 is 0 Å². The van der Waals surface area contributed by atoms with Gasteiger partial charge in [0, 0.05) is 17.9 Å². The smallest absolute Gasteiger partial charge is 0.426 e. The van der Waals surface area contributed by atoms with Crippen LogP contribution in [0, 0.1) is 0 Å². The van der Waals surface area contributed by atoms with Gasteiger partial charge in [-0.15, -0.1) is 0 Å². The molecule has 0 unspecified atom stereocenters. The highest BCUT2D eigenvalue weighted by Gasteiger charge is 2.18. The number of aromatic nitrogens is 1. The molecule has 0 saturated carbocycles. The van der Waals surface area contributed by atoms with Crippen LogP contribution in [-0.2, 0) is 10.3 Å². The fourth-order valence-corrected chi connectivity index (χ4v) is 1.43. The topological polar surface area (TPSA) is 72.4 Å². The summed E-state index contributed by atoms with van der Waals surface area (Å²) in [5.74, 6) is -0.390. The number of hydrogen-bond acceptors (Lipinski definition) is 3. The molecule has 0 aliphatic rings. The maximum absolute atomic E-state index is 11.9. The molecule has 0 fully saturated rings. The normalized spacial score (nSPS) is 11.9. The molecule has 0 atom stereocenters. The Morgan fingerprint density at radius 1 is 1.10 bits per heavy atom. The van der Waals surface area contributed by atoms with Crippen molar-refractivity contribution < 1.29 is 14.3 Å². The fraction of sp³-hybridized carbons (Fsp3) is 0.571. The lowest BCUT2D eigenvalue weighted by Gasteiger charge is -2.21. The average molecular weight is 281 g/mol. The van der Waals surface area contributed by atoms with Crippen LogP contribution in [0.5, 0.6) is 0 Å². The molecule has 2 amide bonds. The summed E-state index contributed by atoms with van der Waals surface area (Å²) in [6, 6.07) is 1.69. The maximum atomic E-state index is 11.9. The van der Waals surface area contributed by atoms with Crippen LogP contribution in [0.2, 0.25) is 0 Å². The van der Waals surface area contributed by atoms with Crippen LogP contribution in [0.3, 0.4) is 0 Å². The van der Waals surface area contributed by atoms with Crippen LogP contribution >= 0.6 is 0 Å². The van der Waals surface area contributed by atoms with E-state index in [2.05, 4.69) is 10.9 Å². The molecule has 0 radical (unpaired) electrons. The molecule has 20 heavy (non-hydrogen) atoms. The van der Waals surface area contributed by atoms with Crippen molar-refractivity contribution in [1.82, 2.24) is 15.4 Å². The molecule has 0 saturated heterocycles. The minimum Gasteiger partial charge on any atom is -0.443 e. The molecule has 0 aromatic carbocycles. The summed E-state index contributed by atoms with van der Waals surface area (Å²) in [5.41, 5.74) is 4.29. The third kappa shape index (κ3) is 4.95. The predicted octanol–water partition coefficient (Wildman–Crippen LogP) is 2.41. The van der Waals surface area contributed by atoms with Gasteiger partial charge in [-0.3, -0.25) is 10.2 Å². The second-order valence-electron chi connectivity index (χ2n) is 6.56. The molecule has 0 aliphatic heterocycles. The molecule has 112 valence electrons. The Kier molecular flexibility index (Phi) is 4.47. The van der Waals surface area contributed by atoms with Crippen LogP contribution in [0.25, 0.3) is 0 Å². The van der Waals surface area contributed by atoms with Gasteiger partial charge in [-0.25, -0.2) is 10.2 Å². The largest absolute Gasteiger partial charge is 0.443 e. The first-order valence-electron chi connectivity index (χ1n) is 6.47. The van der Waals surface area contributed by atoms with Crippen molar-refractivity contribution >= 4 is 12.0 Å². The van der Waals surface area contributed by atoms with E-state index in [9.17, 15) is 9.59 Å². The van der Waals surface area contributed by atoms with Crippen molar-refractivity contribution in [2.24, 2.45) is 0 Å². The number of nitrogens with zero attached hydrogens (tertiary/aromatic N) is 1. The molecule has 1 aromatic rings. The van der Waals surface area contributed by atoms with E-state index < -0.39 is 11.7 Å². The minimum atomic E-state index is -0.693. The highest BCUT2D eigenvalue weighted by atomic mass is 16.6. The summed E-state index contributed by atoms with van der Waals surface area (Å²) in [6.07, 6.45) is 2.86. The number of carbonyl (C=O) groups is 2. The Balaban J connectivity index is 2.56. The van der Waals surface area contributed by atoms with E-state index in [1.807, 2.05) is 31.5 Å². The Bertz CT molecular complexity index is 492. The summed E-state index contributed by atoms with van der Waals surface area (Å²) >= 11 is 0. The van der Waals surface area contributed by atoms with Gasteiger partial charge in [-0.1, -0.05) is 0 Å². The van der Waals surface area contributed by atoms with Gasteiger partial charge in [0.15, 0.2) is 0 Å². The van der Waals surface area contributed by atoms with Gasteiger partial charge in [0.2, 0.25) is 0 Å². The zero-order valence-corrected chi connectivity index (χ0v) is 12.9. The number of hydrazine groups is 1. The Labute approximate surface area is 119 Å². The lowest BCUT2D eigenvalue weighted by atomic mass is 10.1. The molecule has 6 heteroatoms. The van der Waals surface area contributed by atoms with Gasteiger partial charge >= 0.3 is 6.09 Å². The molecule has 0 spiro atoms. The molecule has 1 aromatic heterocycles. The Hall–Kier alpha value is -1.98. The molecular weight excluding hydrogens is 258 g/mol. The van der Waals surface area contributed by atoms with Gasteiger partial charge in [0.1, 0.15) is 5.60 Å². The van der Waals surface area contributed by atoms with Crippen LogP contribution < -0.4 is 10.9 Å². The number of rotatable bonds is 1. The number of ether oxygens (including phenoxy) is 1. The highest BCUT2D eigenvalue weighted by Crippen LogP contribution is 2.15. The molecular formula is C14H23N3O3. The predicted molar refractivity (Wildman–Crippen MR) is 76.3 cm³/mol. The zero-order chi connectivity index (χ0) is 15.6. The van der Waals surface area contributed by atoms with Gasteiger partial charge in [-0.2, -0.15) is 0 Å². The van der Waals surface area contributed by atoms with Crippen molar-refractivity contribution in [3.63, 3.8) is 0 Å². The van der Waals surface area contributed by atoms with E-state index in [1.165, 1.54) is 0 Å². The molecule has 0 aliphatic carbocycles. The quantitative estimate of drug-likeness (QED) is 0.776. The second kappa shape index (κ2) is 5.56. The van der Waals surface area contributed by atoms with Crippen LogP contribution in [0.1, 0.15) is 51.9 Å². The molecule has 6 nitrogen and oxygen atoms in total. The van der Waals surface area contributed by atoms with E-state index in [4.69, 9.17) is 4.74 Å². The van der Waals surface area contributed by atoms with E-state index in [-0.39, 0.29) is 11.4 Å². The summed E-state index contributed by atoms with van der Waals surface area (Å²) in [5, 5.41) is 0. The van der Waals surface area contributed by atoms with E-state index in [0.717, 1.165) is 0 Å². The summed E-state index contributed by atoms with van der Waals surface area (Å²) in [4.78, 5) is 23.3. The third-order valence-corrected chi connectivity index (χ3v) is 2.41. The maximum Gasteiger partial charge on any atom is 0.426 e. The molecule has 0 bridgehead atoms. The third-order valence-electron chi connectivity index (χ3n) is 2.41. The monoisotopic (exact) mass is 281 g/mol. The fourth-order valence-electron chi connectivity index (χ4n) is 1.43. The second-order valence-corrected chi connectivity index (χ2v) is 6.56. The van der Waals surface area contributed by atoms with E-state index in [1.54, 1.807) is 33.0 Å². The van der Waals surface area contributed by atoms with Crippen molar-refractivity contribution in [3.05, 3.63) is 24.0 Å². The van der Waals surface area contributed by atoms with E-state index in [0.29, 0.717) is 5.56 Å². The average Bonchev–Trinajstić information content (AvgIpc) is 2.72. The first kappa shape index (κ1) is 16.1. The standard InChI is InChI=1S/C14H23N3O3/c1-13(2,3)17-8-7-10(9-17)11(18)15-16-12(19)20-14(4,5)6/h7-9H,1-6H3,(H,15,18)(H,16,19). The zero-order valence-electron chi connectivity index (χ0n) is 12.9. The van der Waals surface area contributed by atoms with Gasteiger partial charge in [-0.05, 0) is 47.6 Å². The van der Waals surface area contributed by atoms with Gasteiger partial charge < -0.3 is 9.30 Å². The number of carbonyl (C=O) groups excluding carboxylic acids is 2. The van der Waals surface area contributed by atoms with Crippen LogP contribution in [0.15, 0.2) is 18.5 Å². The van der Waals surface area contributed by atoms with Gasteiger partial charge in [0.05, 0.1) is 5.56 Å². The minimum absolute atomic E-state index is 0.100. The SMILES string of the molecule is CC(C)(C)OC(=O)NNC(=O)c1ccn(C(C)(C)C)c1. The van der Waals surface area contributed by atoms with Crippen LogP contribution in [0.4, 0.5) is 4.79 Å². The highest BCUT2D eigenvalue weighted by molar-refractivity contribution is 5.94. The summed E-state index contributed by atoms with van der Waals surface area (Å²) < 4.78 is 6.94. The number of amides is 2. The van der Waals surface area contributed by atoms with Crippen molar-refractivity contribution in [2.45, 2.75) is 52.7 Å². The van der Waals surface area contributed by atoms with Crippen molar-refractivity contribution in [1.29, 1.82) is 0 Å². The molecule has 1 rings (SSSR count). The van der Waals surface area contributed by atoms with Crippen LogP contribution in [-0.4, -0.2) is 22.2 Å². The first-order valence-corrected chi connectivity index (χ1v) is 6.47. The Morgan fingerprint density at radius 2 is 1.70 bits per heavy atom. The van der Waals surface area contributed by atoms with Gasteiger partial charge in [0.25, 0.3) is 5.91 Å². The van der Waals surface area contributed by atoms with Crippen molar-refractivity contribution in [3.8, 4) is 0 Å². The molecule has 2 N–H and O–H groups in total. The summed E-state index contributed by atoms with van der Waals surface area (Å²) in [6.45, 7) is 11.3. The number of nitrogens with one attached hydrogen (secondary N) is 2. The first-order chi connectivity index (χ1) is 8.99. The van der Waals surface area contributed by atoms with Crippen molar-refractivity contribution in [2.75, 3.05) is 0 Å². The Morgan fingerprint density at radius 3 is 2.15 bits per heavy atom. The lowest BCUT2D eigenvalue weighted by molar-refractivity contribution is 0.0483. The number of hydrogen-bond donors (Lipinski definition) is 2.